The Labute approximate surface area is 155 Å². The largest absolute Gasteiger partial charge is 0.355 e. The third-order valence-corrected chi connectivity index (χ3v) is 4.72. The van der Waals surface area contributed by atoms with E-state index in [1.165, 1.54) is 39.0 Å². The van der Waals surface area contributed by atoms with Crippen molar-refractivity contribution in [3.05, 3.63) is 29.8 Å². The molecule has 0 atom stereocenters. The van der Waals surface area contributed by atoms with Crippen LogP contribution in [-0.4, -0.2) is 30.8 Å². The van der Waals surface area contributed by atoms with Crippen LogP contribution in [0.2, 0.25) is 0 Å². The fourth-order valence-electron chi connectivity index (χ4n) is 3.26. The van der Waals surface area contributed by atoms with Gasteiger partial charge in [-0.2, -0.15) is 0 Å². The van der Waals surface area contributed by atoms with Crippen LogP contribution in [0.3, 0.4) is 0 Å². The molecule has 1 saturated carbocycles. The summed E-state index contributed by atoms with van der Waals surface area (Å²) in [5.74, 6) is 0.398. The average molecular weight is 359 g/mol. The Morgan fingerprint density at radius 3 is 2.27 bits per heavy atom. The number of nitrogens with one attached hydrogen (secondary N) is 3. The summed E-state index contributed by atoms with van der Waals surface area (Å²) < 4.78 is 0. The van der Waals surface area contributed by atoms with Gasteiger partial charge in [0.05, 0.1) is 0 Å². The molecule has 0 heterocycles. The molecule has 0 unspecified atom stereocenters. The zero-order valence-electron chi connectivity index (χ0n) is 15.5. The molecule has 0 aromatic heterocycles. The smallest absolute Gasteiger partial charge is 0.251 e. The highest BCUT2D eigenvalue weighted by atomic mass is 16.2. The van der Waals surface area contributed by atoms with Gasteiger partial charge in [-0.05, 0) is 36.6 Å². The van der Waals surface area contributed by atoms with Crippen LogP contribution < -0.4 is 16.0 Å². The second-order valence-electron chi connectivity index (χ2n) is 6.91. The van der Waals surface area contributed by atoms with E-state index in [1.54, 1.807) is 24.3 Å². The van der Waals surface area contributed by atoms with Crippen LogP contribution in [0.5, 0.6) is 0 Å². The fraction of sp³-hybridized carbons (Fsp3) is 0.550. The number of anilines is 1. The molecule has 142 valence electrons. The van der Waals surface area contributed by atoms with E-state index in [1.807, 2.05) is 0 Å². The summed E-state index contributed by atoms with van der Waals surface area (Å²) in [6.07, 6.45) is 7.92. The standard InChI is InChI=1S/C20H29N3O3/c1-15(24)21-13-14-22-20(26)17-8-10-18(11-9-17)23-19(25)12-7-16-5-3-2-4-6-16/h8-11,16H,2-7,12-14H2,1H3,(H,21,24)(H,22,26)(H,23,25). The number of hydrogen-bond acceptors (Lipinski definition) is 3. The van der Waals surface area contributed by atoms with Crippen molar-refractivity contribution < 1.29 is 14.4 Å². The molecule has 0 bridgehead atoms. The van der Waals surface area contributed by atoms with E-state index in [4.69, 9.17) is 0 Å². The predicted octanol–water partition coefficient (Wildman–Crippen LogP) is 2.85. The molecule has 1 aromatic rings. The van der Waals surface area contributed by atoms with Crippen molar-refractivity contribution in [3.8, 4) is 0 Å². The number of carbonyl (C=O) groups excluding carboxylic acids is 3. The van der Waals surface area contributed by atoms with Crippen molar-refractivity contribution in [1.29, 1.82) is 0 Å². The summed E-state index contributed by atoms with van der Waals surface area (Å²) in [7, 11) is 0. The number of hydrogen-bond donors (Lipinski definition) is 3. The Bertz CT molecular complexity index is 607. The van der Waals surface area contributed by atoms with E-state index in [2.05, 4.69) is 16.0 Å². The van der Waals surface area contributed by atoms with Gasteiger partial charge in [0.1, 0.15) is 0 Å². The van der Waals surface area contributed by atoms with Crippen molar-refractivity contribution in [2.75, 3.05) is 18.4 Å². The molecule has 0 saturated heterocycles. The van der Waals surface area contributed by atoms with Crippen molar-refractivity contribution in [2.45, 2.75) is 51.9 Å². The number of amides is 3. The van der Waals surface area contributed by atoms with Gasteiger partial charge in [-0.15, -0.1) is 0 Å². The van der Waals surface area contributed by atoms with Crippen LogP contribution in [-0.2, 0) is 9.59 Å². The molecule has 1 fully saturated rings. The molecule has 6 nitrogen and oxygen atoms in total. The van der Waals surface area contributed by atoms with E-state index in [-0.39, 0.29) is 17.7 Å². The second kappa shape index (κ2) is 10.6. The Morgan fingerprint density at radius 1 is 0.962 bits per heavy atom. The molecule has 3 N–H and O–H groups in total. The quantitative estimate of drug-likeness (QED) is 0.624. The molecule has 0 aliphatic heterocycles. The Hall–Kier alpha value is -2.37. The zero-order chi connectivity index (χ0) is 18.8. The van der Waals surface area contributed by atoms with Gasteiger partial charge in [0.2, 0.25) is 11.8 Å². The van der Waals surface area contributed by atoms with Gasteiger partial charge in [-0.25, -0.2) is 0 Å². The lowest BCUT2D eigenvalue weighted by Crippen LogP contribution is -2.33. The topological polar surface area (TPSA) is 87.3 Å². The predicted molar refractivity (Wildman–Crippen MR) is 102 cm³/mol. The molecule has 1 aliphatic rings. The summed E-state index contributed by atoms with van der Waals surface area (Å²) in [4.78, 5) is 34.8. The van der Waals surface area contributed by atoms with Crippen LogP contribution in [0.1, 0.15) is 62.2 Å². The van der Waals surface area contributed by atoms with Crippen molar-refractivity contribution in [2.24, 2.45) is 5.92 Å². The van der Waals surface area contributed by atoms with Gasteiger partial charge in [-0.3, -0.25) is 14.4 Å². The highest BCUT2D eigenvalue weighted by Gasteiger charge is 2.15. The van der Waals surface area contributed by atoms with Crippen LogP contribution >= 0.6 is 0 Å². The van der Waals surface area contributed by atoms with Crippen molar-refractivity contribution in [3.63, 3.8) is 0 Å². The summed E-state index contributed by atoms with van der Waals surface area (Å²) in [6, 6.07) is 6.84. The van der Waals surface area contributed by atoms with Gasteiger partial charge in [0.15, 0.2) is 0 Å². The van der Waals surface area contributed by atoms with Crippen molar-refractivity contribution in [1.82, 2.24) is 10.6 Å². The monoisotopic (exact) mass is 359 g/mol. The lowest BCUT2D eigenvalue weighted by atomic mass is 9.86. The summed E-state index contributed by atoms with van der Waals surface area (Å²) >= 11 is 0. The molecular weight excluding hydrogens is 330 g/mol. The maximum absolute atomic E-state index is 12.1. The Morgan fingerprint density at radius 2 is 1.62 bits per heavy atom. The number of benzene rings is 1. The maximum atomic E-state index is 12.1. The zero-order valence-corrected chi connectivity index (χ0v) is 15.5. The van der Waals surface area contributed by atoms with Gasteiger partial charge >= 0.3 is 0 Å². The van der Waals surface area contributed by atoms with Crippen LogP contribution in [0.4, 0.5) is 5.69 Å². The summed E-state index contributed by atoms with van der Waals surface area (Å²) in [5.41, 5.74) is 1.22. The van der Waals surface area contributed by atoms with Gasteiger partial charge in [0.25, 0.3) is 5.91 Å². The van der Waals surface area contributed by atoms with Crippen LogP contribution in [0.25, 0.3) is 0 Å². The Balaban J connectivity index is 1.71. The molecular formula is C20H29N3O3. The molecule has 26 heavy (non-hydrogen) atoms. The highest BCUT2D eigenvalue weighted by molar-refractivity contribution is 5.95. The molecule has 1 aromatic carbocycles. The molecule has 0 radical (unpaired) electrons. The first-order valence-electron chi connectivity index (χ1n) is 9.47. The minimum Gasteiger partial charge on any atom is -0.355 e. The van der Waals surface area contributed by atoms with Crippen molar-refractivity contribution >= 4 is 23.4 Å². The summed E-state index contributed by atoms with van der Waals surface area (Å²) in [5, 5.41) is 8.24. The number of rotatable bonds is 8. The van der Waals surface area contributed by atoms with E-state index in [0.717, 1.165) is 6.42 Å². The first kappa shape index (κ1) is 19.9. The van der Waals surface area contributed by atoms with Gasteiger partial charge < -0.3 is 16.0 Å². The summed E-state index contributed by atoms with van der Waals surface area (Å²) in [6.45, 7) is 2.21. The van der Waals surface area contributed by atoms with E-state index in [0.29, 0.717) is 36.7 Å². The second-order valence-corrected chi connectivity index (χ2v) is 6.91. The maximum Gasteiger partial charge on any atom is 0.251 e. The van der Waals surface area contributed by atoms with E-state index in [9.17, 15) is 14.4 Å². The normalized spacial score (nSPS) is 14.5. The molecule has 6 heteroatoms. The average Bonchev–Trinajstić information content (AvgIpc) is 2.65. The molecule has 3 amide bonds. The minimum atomic E-state index is -0.203. The first-order chi connectivity index (χ1) is 12.5. The molecule has 2 rings (SSSR count). The van der Waals surface area contributed by atoms with Crippen LogP contribution in [0, 0.1) is 5.92 Å². The Kier molecular flexibility index (Phi) is 8.12. The van der Waals surface area contributed by atoms with E-state index < -0.39 is 0 Å². The molecule has 0 spiro atoms. The van der Waals surface area contributed by atoms with Gasteiger partial charge in [0, 0.05) is 37.7 Å². The van der Waals surface area contributed by atoms with Crippen LogP contribution in [0.15, 0.2) is 24.3 Å². The first-order valence-corrected chi connectivity index (χ1v) is 9.47. The van der Waals surface area contributed by atoms with E-state index >= 15 is 0 Å². The molecule has 1 aliphatic carbocycles. The third kappa shape index (κ3) is 7.25. The SMILES string of the molecule is CC(=O)NCCNC(=O)c1ccc(NC(=O)CCC2CCCCC2)cc1. The number of carbonyl (C=O) groups is 3. The highest BCUT2D eigenvalue weighted by Crippen LogP contribution is 2.27. The lowest BCUT2D eigenvalue weighted by molar-refractivity contribution is -0.119. The third-order valence-electron chi connectivity index (χ3n) is 4.72. The fourth-order valence-corrected chi connectivity index (χ4v) is 3.26. The lowest BCUT2D eigenvalue weighted by Gasteiger charge is -2.21. The minimum absolute atomic E-state index is 0.0306. The van der Waals surface area contributed by atoms with Gasteiger partial charge in [-0.1, -0.05) is 32.1 Å².